The van der Waals surface area contributed by atoms with E-state index in [1.807, 2.05) is 0 Å². The highest BCUT2D eigenvalue weighted by Gasteiger charge is 2.33. The van der Waals surface area contributed by atoms with Gasteiger partial charge in [0, 0.05) is 11.6 Å². The fourth-order valence-electron chi connectivity index (χ4n) is 2.84. The number of hydrogen-bond acceptors (Lipinski definition) is 8. The quantitative estimate of drug-likeness (QED) is 0.611. The van der Waals surface area contributed by atoms with Crippen molar-refractivity contribution < 1.29 is 28.8 Å². The van der Waals surface area contributed by atoms with Gasteiger partial charge < -0.3 is 24.1 Å². The molecular formula is C23H23NO6S. The summed E-state index contributed by atoms with van der Waals surface area (Å²) in [7, 11) is 4.70. The number of ether oxygens (including phenoxy) is 4. The van der Waals surface area contributed by atoms with Crippen molar-refractivity contribution >= 4 is 34.5 Å². The summed E-state index contributed by atoms with van der Waals surface area (Å²) in [5.41, 5.74) is 1.36. The van der Waals surface area contributed by atoms with E-state index in [1.165, 1.54) is 11.8 Å². The van der Waals surface area contributed by atoms with E-state index in [0.29, 0.717) is 38.4 Å². The van der Waals surface area contributed by atoms with Crippen molar-refractivity contribution in [3.8, 4) is 17.2 Å². The lowest BCUT2D eigenvalue weighted by molar-refractivity contribution is -0.138. The Kier molecular flexibility index (Phi) is 7.25. The van der Waals surface area contributed by atoms with Crippen LogP contribution in [0.15, 0.2) is 63.7 Å². The molecule has 0 spiro atoms. The van der Waals surface area contributed by atoms with Crippen molar-refractivity contribution in [1.29, 1.82) is 0 Å². The Hall–Kier alpha value is -3.39. The number of carbonyl (C=O) groups excluding carboxylic acids is 1. The maximum Gasteiger partial charge on any atom is 0.344 e. The lowest BCUT2D eigenvalue weighted by Crippen LogP contribution is -2.12. The third kappa shape index (κ3) is 5.03. The number of thioether (sulfide) groups is 1. The molecule has 8 heteroatoms. The molecule has 7 nitrogen and oxygen atoms in total. The summed E-state index contributed by atoms with van der Waals surface area (Å²) in [6.45, 7) is 1.89. The predicted molar refractivity (Wildman–Crippen MR) is 121 cm³/mol. The molecule has 0 saturated heterocycles. The highest BCUT2D eigenvalue weighted by Crippen LogP contribution is 2.41. The lowest BCUT2D eigenvalue weighted by Gasteiger charge is -2.08. The fourth-order valence-corrected chi connectivity index (χ4v) is 3.87. The van der Waals surface area contributed by atoms with Gasteiger partial charge in [-0.05, 0) is 49.4 Å². The Morgan fingerprint density at radius 2 is 1.71 bits per heavy atom. The van der Waals surface area contributed by atoms with Crippen molar-refractivity contribution in [2.24, 2.45) is 4.99 Å². The second-order valence-corrected chi connectivity index (χ2v) is 7.31. The first-order valence-corrected chi connectivity index (χ1v) is 10.3. The van der Waals surface area contributed by atoms with Crippen LogP contribution in [0.5, 0.6) is 17.2 Å². The van der Waals surface area contributed by atoms with Gasteiger partial charge in [0.1, 0.15) is 33.6 Å². The van der Waals surface area contributed by atoms with Gasteiger partial charge in [0.05, 0.1) is 38.5 Å². The van der Waals surface area contributed by atoms with Gasteiger partial charge in [-0.3, -0.25) is 0 Å². The molecule has 0 atom stereocenters. The lowest BCUT2D eigenvalue weighted by atomic mass is 10.1. The largest absolute Gasteiger partial charge is 0.506 e. The molecule has 0 aliphatic carbocycles. The molecular weight excluding hydrogens is 418 g/mol. The van der Waals surface area contributed by atoms with Gasteiger partial charge in [0.25, 0.3) is 0 Å². The zero-order chi connectivity index (χ0) is 22.4. The van der Waals surface area contributed by atoms with Gasteiger partial charge >= 0.3 is 5.97 Å². The zero-order valence-corrected chi connectivity index (χ0v) is 18.5. The molecule has 1 heterocycles. The van der Waals surface area contributed by atoms with Crippen molar-refractivity contribution in [1.82, 2.24) is 0 Å². The van der Waals surface area contributed by atoms with Gasteiger partial charge in [-0.25, -0.2) is 9.79 Å². The van der Waals surface area contributed by atoms with Crippen LogP contribution in [0, 0.1) is 0 Å². The first-order valence-electron chi connectivity index (χ1n) is 9.46. The van der Waals surface area contributed by atoms with Gasteiger partial charge in [0.15, 0.2) is 0 Å². The Labute approximate surface area is 185 Å². The number of aliphatic hydroxyl groups excluding tert-OH is 1. The minimum Gasteiger partial charge on any atom is -0.506 e. The zero-order valence-electron chi connectivity index (χ0n) is 17.7. The number of benzene rings is 2. The number of aliphatic imine (C=N–C) groups is 1. The van der Waals surface area contributed by atoms with Crippen LogP contribution in [-0.2, 0) is 9.53 Å². The normalized spacial score (nSPS) is 16.0. The number of nitrogens with zero attached hydrogens (tertiary/aromatic N) is 1. The van der Waals surface area contributed by atoms with E-state index in [2.05, 4.69) is 4.99 Å². The van der Waals surface area contributed by atoms with Gasteiger partial charge in [0.2, 0.25) is 0 Å². The molecule has 0 fully saturated rings. The van der Waals surface area contributed by atoms with E-state index in [1.54, 1.807) is 76.8 Å². The Bertz CT molecular complexity index is 1060. The van der Waals surface area contributed by atoms with Crippen LogP contribution >= 0.6 is 11.8 Å². The Balaban J connectivity index is 2.04. The van der Waals surface area contributed by atoms with Crippen LogP contribution in [-0.4, -0.2) is 44.1 Å². The minimum absolute atomic E-state index is 0.0291. The summed E-state index contributed by atoms with van der Waals surface area (Å²) >= 11 is 1.18. The highest BCUT2D eigenvalue weighted by atomic mass is 32.2. The number of rotatable bonds is 7. The number of hydrogen-bond donors (Lipinski definition) is 1. The topological polar surface area (TPSA) is 86.6 Å². The van der Waals surface area contributed by atoms with Crippen LogP contribution in [0.2, 0.25) is 0 Å². The third-order valence-corrected chi connectivity index (χ3v) is 5.42. The number of aliphatic hydroxyl groups is 1. The van der Waals surface area contributed by atoms with Crippen LogP contribution < -0.4 is 14.2 Å². The second kappa shape index (κ2) is 10.1. The van der Waals surface area contributed by atoms with E-state index in [9.17, 15) is 9.90 Å². The van der Waals surface area contributed by atoms with E-state index < -0.39 is 5.97 Å². The van der Waals surface area contributed by atoms with Crippen molar-refractivity contribution in [2.45, 2.75) is 6.92 Å². The molecule has 0 saturated carbocycles. The van der Waals surface area contributed by atoms with E-state index in [4.69, 9.17) is 18.9 Å². The fraction of sp³-hybridized carbons (Fsp3) is 0.217. The van der Waals surface area contributed by atoms with Crippen LogP contribution in [0.3, 0.4) is 0 Å². The summed E-state index contributed by atoms with van der Waals surface area (Å²) < 4.78 is 20.9. The second-order valence-electron chi connectivity index (χ2n) is 6.28. The average molecular weight is 442 g/mol. The van der Waals surface area contributed by atoms with Crippen molar-refractivity contribution in [3.05, 3.63) is 64.3 Å². The molecule has 2 aromatic carbocycles. The summed E-state index contributed by atoms with van der Waals surface area (Å²) in [6, 6.07) is 12.4. The van der Waals surface area contributed by atoms with Crippen LogP contribution in [0.4, 0.5) is 5.69 Å². The van der Waals surface area contributed by atoms with E-state index in [0.717, 1.165) is 0 Å². The SMILES string of the molecule is CCOC(=O)C1=C(O)/C(=C\c2ccc(OC)cc2OC)SC1=Nc1ccc(OC)cc1. The molecule has 0 radical (unpaired) electrons. The molecule has 1 N–H and O–H groups in total. The molecule has 3 rings (SSSR count). The van der Waals surface area contributed by atoms with Gasteiger partial charge in [-0.15, -0.1) is 0 Å². The minimum atomic E-state index is -0.634. The molecule has 31 heavy (non-hydrogen) atoms. The summed E-state index contributed by atoms with van der Waals surface area (Å²) in [6.07, 6.45) is 1.73. The number of esters is 1. The smallest absolute Gasteiger partial charge is 0.344 e. The van der Waals surface area contributed by atoms with Gasteiger partial charge in [-0.2, -0.15) is 0 Å². The van der Waals surface area contributed by atoms with E-state index >= 15 is 0 Å². The maximum atomic E-state index is 12.5. The average Bonchev–Trinajstić information content (AvgIpc) is 3.09. The van der Waals surface area contributed by atoms with E-state index in [-0.39, 0.29) is 17.9 Å². The molecule has 1 aliphatic rings. The Morgan fingerprint density at radius 3 is 2.32 bits per heavy atom. The molecule has 0 unspecified atom stereocenters. The van der Waals surface area contributed by atoms with Crippen molar-refractivity contribution in [3.63, 3.8) is 0 Å². The molecule has 162 valence electrons. The highest BCUT2D eigenvalue weighted by molar-refractivity contribution is 8.18. The number of methoxy groups -OCH3 is 3. The first-order chi connectivity index (χ1) is 15.0. The van der Waals surface area contributed by atoms with Crippen LogP contribution in [0.1, 0.15) is 12.5 Å². The monoisotopic (exact) mass is 441 g/mol. The predicted octanol–water partition coefficient (Wildman–Crippen LogP) is 4.91. The molecule has 0 aromatic heterocycles. The maximum absolute atomic E-state index is 12.5. The number of carbonyl (C=O) groups is 1. The Morgan fingerprint density at radius 1 is 1.03 bits per heavy atom. The molecule has 2 aromatic rings. The third-order valence-electron chi connectivity index (χ3n) is 4.40. The summed E-state index contributed by atoms with van der Waals surface area (Å²) in [4.78, 5) is 17.5. The first kappa shape index (κ1) is 22.3. The summed E-state index contributed by atoms with van der Waals surface area (Å²) in [5.74, 6) is 1.09. The molecule has 0 bridgehead atoms. The van der Waals surface area contributed by atoms with Gasteiger partial charge in [-0.1, -0.05) is 11.8 Å². The molecule has 0 amide bonds. The molecule has 1 aliphatic heterocycles. The summed E-state index contributed by atoms with van der Waals surface area (Å²) in [5, 5.41) is 11.2. The van der Waals surface area contributed by atoms with Crippen LogP contribution in [0.25, 0.3) is 6.08 Å². The standard InChI is InChI=1S/C23H23NO6S/c1-5-30-23(26)20-21(25)19(12-14-6-9-17(28-3)13-18(14)29-4)31-22(20)24-15-7-10-16(27-2)11-8-15/h6-13,25H,5H2,1-4H3/b19-12+,24-22?. The van der Waals surface area contributed by atoms with Crippen molar-refractivity contribution in [2.75, 3.05) is 27.9 Å².